The molecule has 0 saturated carbocycles. The van der Waals surface area contributed by atoms with Gasteiger partial charge in [0.15, 0.2) is 5.82 Å². The van der Waals surface area contributed by atoms with Crippen LogP contribution in [0.1, 0.15) is 5.56 Å². The van der Waals surface area contributed by atoms with Crippen LogP contribution in [0.4, 0.5) is 0 Å². The van der Waals surface area contributed by atoms with E-state index in [1.165, 1.54) is 0 Å². The molecule has 0 radical (unpaired) electrons. The van der Waals surface area contributed by atoms with Crippen molar-refractivity contribution in [2.75, 3.05) is 5.43 Å². The molecule has 0 saturated heterocycles. The summed E-state index contributed by atoms with van der Waals surface area (Å²) in [5, 5.41) is 7.08. The lowest BCUT2D eigenvalue weighted by atomic mass is 10.2. The normalized spacial score (nSPS) is 10.4. The van der Waals surface area contributed by atoms with Gasteiger partial charge in [-0.2, -0.15) is 5.10 Å². The maximum Gasteiger partial charge on any atom is 0.214 e. The number of hydrogen-bond acceptors (Lipinski definition) is 4. The lowest BCUT2D eigenvalue weighted by Crippen LogP contribution is -2.15. The molecule has 0 atom stereocenters. The molecular weight excluding hydrogens is 270 g/mol. The van der Waals surface area contributed by atoms with Gasteiger partial charge in [0, 0.05) is 18.0 Å². The van der Waals surface area contributed by atoms with Crippen molar-refractivity contribution >= 4 is 12.2 Å². The zero-order valence-electron chi connectivity index (χ0n) is 10.7. The van der Waals surface area contributed by atoms with E-state index in [4.69, 9.17) is 12.2 Å². The van der Waals surface area contributed by atoms with Crippen LogP contribution in [-0.4, -0.2) is 19.9 Å². The summed E-state index contributed by atoms with van der Waals surface area (Å²) in [4.78, 5) is 4.00. The Balaban J connectivity index is 1.87. The van der Waals surface area contributed by atoms with E-state index in [9.17, 15) is 0 Å². The fourth-order valence-electron chi connectivity index (χ4n) is 1.90. The first-order chi connectivity index (χ1) is 9.84. The Kier molecular flexibility index (Phi) is 3.56. The smallest absolute Gasteiger partial charge is 0.214 e. The third-order valence-corrected chi connectivity index (χ3v) is 3.17. The van der Waals surface area contributed by atoms with Crippen molar-refractivity contribution in [1.82, 2.24) is 19.9 Å². The molecule has 3 rings (SSSR count). The first-order valence-electron chi connectivity index (χ1n) is 6.20. The van der Waals surface area contributed by atoms with Gasteiger partial charge in [0.1, 0.15) is 0 Å². The molecular formula is C14H13N5S. The molecule has 2 heterocycles. The molecule has 5 nitrogen and oxygen atoms in total. The predicted octanol–water partition coefficient (Wildman–Crippen LogP) is 2.75. The maximum absolute atomic E-state index is 5.26. The summed E-state index contributed by atoms with van der Waals surface area (Å²) in [6.45, 7) is 0.649. The van der Waals surface area contributed by atoms with Gasteiger partial charge in [0.05, 0.1) is 6.54 Å². The van der Waals surface area contributed by atoms with Gasteiger partial charge in [-0.25, -0.2) is 9.77 Å². The summed E-state index contributed by atoms with van der Waals surface area (Å²) in [5.41, 5.74) is 5.40. The minimum atomic E-state index is 0.540. The minimum absolute atomic E-state index is 0.540. The van der Waals surface area contributed by atoms with Crippen LogP contribution in [0.2, 0.25) is 0 Å². The van der Waals surface area contributed by atoms with Crippen molar-refractivity contribution in [2.24, 2.45) is 0 Å². The average Bonchev–Trinajstić information content (AvgIpc) is 2.88. The second-order valence-corrected chi connectivity index (χ2v) is 4.63. The van der Waals surface area contributed by atoms with Gasteiger partial charge in [-0.05, 0) is 29.9 Å². The third-order valence-electron chi connectivity index (χ3n) is 2.89. The molecule has 0 spiro atoms. The Hall–Kier alpha value is -2.47. The zero-order chi connectivity index (χ0) is 13.8. The topological polar surface area (TPSA) is 58.5 Å². The van der Waals surface area contributed by atoms with Gasteiger partial charge in [0.25, 0.3) is 0 Å². The van der Waals surface area contributed by atoms with Crippen molar-refractivity contribution in [3.05, 3.63) is 65.2 Å². The molecule has 0 aliphatic carbocycles. The van der Waals surface area contributed by atoms with E-state index < -0.39 is 0 Å². The highest BCUT2D eigenvalue weighted by molar-refractivity contribution is 7.71. The predicted molar refractivity (Wildman–Crippen MR) is 80.1 cm³/mol. The molecule has 0 bridgehead atoms. The molecule has 6 heteroatoms. The van der Waals surface area contributed by atoms with Gasteiger partial charge in [-0.15, -0.1) is 0 Å². The number of H-pyrrole nitrogens is 1. The van der Waals surface area contributed by atoms with Crippen LogP contribution in [0, 0.1) is 4.77 Å². The fraction of sp³-hybridized carbons (Fsp3) is 0.0714. The summed E-state index contributed by atoms with van der Waals surface area (Å²) >= 11 is 5.26. The summed E-state index contributed by atoms with van der Waals surface area (Å²) in [6, 6.07) is 13.8. The van der Waals surface area contributed by atoms with E-state index in [0.29, 0.717) is 11.3 Å². The van der Waals surface area contributed by atoms with Gasteiger partial charge in [0.2, 0.25) is 4.77 Å². The van der Waals surface area contributed by atoms with Crippen LogP contribution in [0.3, 0.4) is 0 Å². The highest BCUT2D eigenvalue weighted by Gasteiger charge is 2.07. The SMILES string of the molecule is S=c1[nH]nc(-c2ccccc2)n1NCc1ccncc1. The van der Waals surface area contributed by atoms with E-state index >= 15 is 0 Å². The molecule has 0 amide bonds. The third kappa shape index (κ3) is 2.60. The Morgan fingerprint density at radius 3 is 2.60 bits per heavy atom. The van der Waals surface area contributed by atoms with Crippen LogP contribution in [0.15, 0.2) is 54.9 Å². The second kappa shape index (κ2) is 5.66. The highest BCUT2D eigenvalue weighted by atomic mass is 32.1. The van der Waals surface area contributed by atoms with Crippen molar-refractivity contribution < 1.29 is 0 Å². The Morgan fingerprint density at radius 2 is 1.85 bits per heavy atom. The first kappa shape index (κ1) is 12.6. The summed E-state index contributed by atoms with van der Waals surface area (Å²) in [5.74, 6) is 0.768. The van der Waals surface area contributed by atoms with Crippen LogP contribution in [0.5, 0.6) is 0 Å². The van der Waals surface area contributed by atoms with Crippen molar-refractivity contribution in [2.45, 2.75) is 6.54 Å². The van der Waals surface area contributed by atoms with E-state index in [2.05, 4.69) is 20.6 Å². The molecule has 20 heavy (non-hydrogen) atoms. The first-order valence-corrected chi connectivity index (χ1v) is 6.61. The van der Waals surface area contributed by atoms with E-state index in [-0.39, 0.29) is 0 Å². The molecule has 1 aromatic carbocycles. The Morgan fingerprint density at radius 1 is 1.10 bits per heavy atom. The van der Waals surface area contributed by atoms with Gasteiger partial charge >= 0.3 is 0 Å². The minimum Gasteiger partial charge on any atom is -0.317 e. The monoisotopic (exact) mass is 283 g/mol. The van der Waals surface area contributed by atoms with Gasteiger partial charge in [-0.3, -0.25) is 4.98 Å². The number of pyridine rings is 1. The molecule has 0 aliphatic rings. The van der Waals surface area contributed by atoms with E-state index in [0.717, 1.165) is 17.0 Å². The number of nitrogens with one attached hydrogen (secondary N) is 2. The van der Waals surface area contributed by atoms with Crippen LogP contribution < -0.4 is 5.43 Å². The quantitative estimate of drug-likeness (QED) is 0.723. The fourth-order valence-corrected chi connectivity index (χ4v) is 2.09. The number of aromatic amines is 1. The van der Waals surface area contributed by atoms with Crippen molar-refractivity contribution in [1.29, 1.82) is 0 Å². The highest BCUT2D eigenvalue weighted by Crippen LogP contribution is 2.15. The molecule has 0 fully saturated rings. The van der Waals surface area contributed by atoms with E-state index in [1.54, 1.807) is 17.1 Å². The molecule has 100 valence electrons. The molecule has 0 unspecified atom stereocenters. The molecule has 0 aliphatic heterocycles. The summed E-state index contributed by atoms with van der Waals surface area (Å²) < 4.78 is 2.32. The Bertz CT molecular complexity index is 733. The summed E-state index contributed by atoms with van der Waals surface area (Å²) in [6.07, 6.45) is 3.54. The molecule has 2 aromatic heterocycles. The van der Waals surface area contributed by atoms with Gasteiger partial charge in [-0.1, -0.05) is 30.3 Å². The lowest BCUT2D eigenvalue weighted by Gasteiger charge is -2.09. The lowest BCUT2D eigenvalue weighted by molar-refractivity contribution is 0.831. The molecule has 3 aromatic rings. The van der Waals surface area contributed by atoms with Crippen LogP contribution >= 0.6 is 12.2 Å². The van der Waals surface area contributed by atoms with Gasteiger partial charge < -0.3 is 5.43 Å². The average molecular weight is 283 g/mol. The van der Waals surface area contributed by atoms with Crippen LogP contribution in [0.25, 0.3) is 11.4 Å². The second-order valence-electron chi connectivity index (χ2n) is 4.24. The number of benzene rings is 1. The number of aromatic nitrogens is 4. The van der Waals surface area contributed by atoms with Crippen molar-refractivity contribution in [3.8, 4) is 11.4 Å². The number of hydrogen-bond donors (Lipinski definition) is 2. The Labute approximate surface area is 121 Å². The summed E-state index contributed by atoms with van der Waals surface area (Å²) in [7, 11) is 0. The van der Waals surface area contributed by atoms with Crippen LogP contribution in [-0.2, 0) is 6.54 Å². The maximum atomic E-state index is 5.26. The zero-order valence-corrected chi connectivity index (χ0v) is 11.5. The standard InChI is InChI=1S/C14H13N5S/c20-14-18-17-13(12-4-2-1-3-5-12)19(14)16-10-11-6-8-15-9-7-11/h1-9,16H,10H2,(H,18,20). The largest absolute Gasteiger partial charge is 0.317 e. The van der Waals surface area contributed by atoms with E-state index in [1.807, 2.05) is 42.5 Å². The van der Waals surface area contributed by atoms with Crippen molar-refractivity contribution in [3.63, 3.8) is 0 Å². The number of nitrogens with zero attached hydrogens (tertiary/aromatic N) is 3. The number of rotatable bonds is 4. The molecule has 2 N–H and O–H groups in total.